The molecular formula is C54H33N3O. The third-order valence-corrected chi connectivity index (χ3v) is 12.2. The van der Waals surface area contributed by atoms with Crippen molar-refractivity contribution in [2.45, 2.75) is 0 Å². The molecule has 0 aliphatic rings. The monoisotopic (exact) mass is 739 g/mol. The molecule has 0 fully saturated rings. The fourth-order valence-electron chi connectivity index (χ4n) is 9.74. The topological polar surface area (TPSA) is 27.9 Å². The Labute approximate surface area is 332 Å². The SMILES string of the molecule is c1ccc(-c2cccc(-n3c4ccccc4c4ccc5c(c6ccccc6n5-c5ccc6c(c5)c5ccccc5n6-c5ccc6oc7ccccc7c6c5)c43)c2)cc1. The van der Waals surface area contributed by atoms with Crippen LogP contribution in [0.15, 0.2) is 205 Å². The summed E-state index contributed by atoms with van der Waals surface area (Å²) in [6.07, 6.45) is 0. The molecule has 0 aliphatic heterocycles. The van der Waals surface area contributed by atoms with Crippen LogP contribution in [0.3, 0.4) is 0 Å². The van der Waals surface area contributed by atoms with E-state index >= 15 is 0 Å². The third kappa shape index (κ3) is 4.34. The number of rotatable bonds is 4. The van der Waals surface area contributed by atoms with E-state index < -0.39 is 0 Å². The van der Waals surface area contributed by atoms with Crippen LogP contribution >= 0.6 is 0 Å². The molecule has 270 valence electrons. The van der Waals surface area contributed by atoms with E-state index in [0.717, 1.165) is 39.0 Å². The minimum Gasteiger partial charge on any atom is -0.456 e. The number of fused-ring (bicyclic) bond motifs is 13. The summed E-state index contributed by atoms with van der Waals surface area (Å²) in [6, 6.07) is 72.6. The maximum absolute atomic E-state index is 6.21. The van der Waals surface area contributed by atoms with Crippen molar-refractivity contribution in [1.29, 1.82) is 0 Å². The Hall–Kier alpha value is -7.82. The maximum Gasteiger partial charge on any atom is 0.135 e. The van der Waals surface area contributed by atoms with Crippen molar-refractivity contribution in [2.75, 3.05) is 0 Å². The van der Waals surface area contributed by atoms with Gasteiger partial charge in [-0.1, -0.05) is 121 Å². The maximum atomic E-state index is 6.21. The Morgan fingerprint density at radius 2 is 0.810 bits per heavy atom. The summed E-state index contributed by atoms with van der Waals surface area (Å²) in [5, 5.41) is 9.66. The molecule has 0 aliphatic carbocycles. The molecule has 0 N–H and O–H groups in total. The fourth-order valence-corrected chi connectivity index (χ4v) is 9.74. The number of aromatic nitrogens is 3. The van der Waals surface area contributed by atoms with Crippen molar-refractivity contribution in [2.24, 2.45) is 0 Å². The Bertz CT molecular complexity index is 3800. The van der Waals surface area contributed by atoms with Crippen LogP contribution in [0.1, 0.15) is 0 Å². The molecule has 0 atom stereocenters. The van der Waals surface area contributed by atoms with Crippen LogP contribution in [-0.2, 0) is 0 Å². The van der Waals surface area contributed by atoms with Crippen molar-refractivity contribution >= 4 is 87.4 Å². The molecule has 0 bridgehead atoms. The first kappa shape index (κ1) is 31.4. The van der Waals surface area contributed by atoms with E-state index in [1.807, 2.05) is 12.1 Å². The van der Waals surface area contributed by atoms with Crippen LogP contribution in [0.25, 0.3) is 116 Å². The van der Waals surface area contributed by atoms with Crippen molar-refractivity contribution in [3.8, 4) is 28.2 Å². The summed E-state index contributed by atoms with van der Waals surface area (Å²) in [7, 11) is 0. The number of para-hydroxylation sites is 4. The van der Waals surface area contributed by atoms with E-state index in [1.54, 1.807) is 0 Å². The molecule has 0 radical (unpaired) electrons. The molecule has 0 saturated heterocycles. The van der Waals surface area contributed by atoms with Gasteiger partial charge in [0.1, 0.15) is 11.2 Å². The molecule has 0 spiro atoms. The van der Waals surface area contributed by atoms with Gasteiger partial charge in [0.25, 0.3) is 0 Å². The Morgan fingerprint density at radius 1 is 0.276 bits per heavy atom. The highest BCUT2D eigenvalue weighted by Crippen LogP contribution is 2.43. The lowest BCUT2D eigenvalue weighted by Crippen LogP contribution is -1.96. The number of furan rings is 1. The van der Waals surface area contributed by atoms with Crippen LogP contribution in [0.2, 0.25) is 0 Å². The van der Waals surface area contributed by atoms with Crippen molar-refractivity contribution < 1.29 is 4.42 Å². The van der Waals surface area contributed by atoms with Gasteiger partial charge in [0.2, 0.25) is 0 Å². The Morgan fingerprint density at radius 3 is 1.62 bits per heavy atom. The van der Waals surface area contributed by atoms with Crippen LogP contribution in [0.5, 0.6) is 0 Å². The molecular weight excluding hydrogens is 707 g/mol. The number of benzene rings is 9. The standard InChI is InChI=1S/C54H33N3O/c1-2-13-34(14-3-1)35-15-12-16-36(31-35)57-47-22-9-4-17-39(47)42-27-29-50-53(54(42)57)43-20-6-10-23-48(43)56(50)37-25-28-49-44(32-37)40-18-5-8-21-46(40)55(49)38-26-30-52-45(33-38)41-19-7-11-24-51(41)58-52/h1-33H. The van der Waals surface area contributed by atoms with E-state index in [4.69, 9.17) is 4.42 Å². The molecule has 13 rings (SSSR count). The zero-order valence-corrected chi connectivity index (χ0v) is 31.3. The first-order chi connectivity index (χ1) is 28.8. The van der Waals surface area contributed by atoms with E-state index in [2.05, 4.69) is 202 Å². The lowest BCUT2D eigenvalue weighted by Gasteiger charge is -2.12. The van der Waals surface area contributed by atoms with E-state index in [9.17, 15) is 0 Å². The summed E-state index contributed by atoms with van der Waals surface area (Å²) in [5.74, 6) is 0. The minimum atomic E-state index is 0.899. The molecule has 58 heavy (non-hydrogen) atoms. The van der Waals surface area contributed by atoms with Crippen LogP contribution in [0.4, 0.5) is 0 Å². The van der Waals surface area contributed by atoms with Crippen molar-refractivity contribution in [1.82, 2.24) is 13.7 Å². The van der Waals surface area contributed by atoms with E-state index in [-0.39, 0.29) is 0 Å². The Kier molecular flexibility index (Phi) is 6.41. The average molecular weight is 740 g/mol. The lowest BCUT2D eigenvalue weighted by molar-refractivity contribution is 0.669. The normalized spacial score (nSPS) is 12.1. The van der Waals surface area contributed by atoms with Crippen LogP contribution < -0.4 is 0 Å². The first-order valence-corrected chi connectivity index (χ1v) is 19.8. The highest BCUT2D eigenvalue weighted by atomic mass is 16.3. The fraction of sp³-hybridized carbons (Fsp3) is 0. The molecule has 4 heterocycles. The second-order valence-electron chi connectivity index (χ2n) is 15.3. The predicted octanol–water partition coefficient (Wildman–Crippen LogP) is 14.5. The molecule has 4 aromatic heterocycles. The zero-order chi connectivity index (χ0) is 37.9. The summed E-state index contributed by atoms with van der Waals surface area (Å²) in [6.45, 7) is 0. The second kappa shape index (κ2) is 11.8. The van der Waals surface area contributed by atoms with Crippen molar-refractivity contribution in [3.05, 3.63) is 200 Å². The third-order valence-electron chi connectivity index (χ3n) is 12.2. The van der Waals surface area contributed by atoms with Gasteiger partial charge in [0.15, 0.2) is 0 Å². The van der Waals surface area contributed by atoms with Gasteiger partial charge < -0.3 is 18.1 Å². The number of hydrogen-bond acceptors (Lipinski definition) is 1. The summed E-state index contributed by atoms with van der Waals surface area (Å²) < 4.78 is 13.5. The quantitative estimate of drug-likeness (QED) is 0.177. The van der Waals surface area contributed by atoms with Gasteiger partial charge in [-0.3, -0.25) is 0 Å². The van der Waals surface area contributed by atoms with Crippen LogP contribution in [-0.4, -0.2) is 13.7 Å². The lowest BCUT2D eigenvalue weighted by atomic mass is 10.0. The van der Waals surface area contributed by atoms with Gasteiger partial charge in [0.05, 0.1) is 33.1 Å². The molecule has 9 aromatic carbocycles. The van der Waals surface area contributed by atoms with Gasteiger partial charge in [0, 0.05) is 60.2 Å². The number of hydrogen-bond donors (Lipinski definition) is 0. The first-order valence-electron chi connectivity index (χ1n) is 19.8. The summed E-state index contributed by atoms with van der Waals surface area (Å²) in [5.41, 5.74) is 14.7. The average Bonchev–Trinajstić information content (AvgIpc) is 4.02. The smallest absolute Gasteiger partial charge is 0.135 e. The predicted molar refractivity (Wildman–Crippen MR) is 242 cm³/mol. The number of nitrogens with zero attached hydrogens (tertiary/aromatic N) is 3. The molecule has 13 aromatic rings. The van der Waals surface area contributed by atoms with Crippen LogP contribution in [0, 0.1) is 0 Å². The van der Waals surface area contributed by atoms with E-state index in [1.165, 1.54) is 76.5 Å². The largest absolute Gasteiger partial charge is 0.456 e. The summed E-state index contributed by atoms with van der Waals surface area (Å²) >= 11 is 0. The molecule has 0 saturated carbocycles. The van der Waals surface area contributed by atoms with Gasteiger partial charge in [-0.15, -0.1) is 0 Å². The van der Waals surface area contributed by atoms with Gasteiger partial charge in [-0.2, -0.15) is 0 Å². The minimum absolute atomic E-state index is 0.899. The van der Waals surface area contributed by atoms with Crippen molar-refractivity contribution in [3.63, 3.8) is 0 Å². The molecule has 0 amide bonds. The molecule has 4 heteroatoms. The Balaban J connectivity index is 1.07. The molecule has 0 unspecified atom stereocenters. The van der Waals surface area contributed by atoms with E-state index in [0.29, 0.717) is 0 Å². The highest BCUT2D eigenvalue weighted by molar-refractivity contribution is 6.26. The molecule has 4 nitrogen and oxygen atoms in total. The highest BCUT2D eigenvalue weighted by Gasteiger charge is 2.22. The second-order valence-corrected chi connectivity index (χ2v) is 15.3. The summed E-state index contributed by atoms with van der Waals surface area (Å²) in [4.78, 5) is 0. The van der Waals surface area contributed by atoms with Gasteiger partial charge >= 0.3 is 0 Å². The zero-order valence-electron chi connectivity index (χ0n) is 31.3. The van der Waals surface area contributed by atoms with Gasteiger partial charge in [-0.25, -0.2) is 0 Å². The van der Waals surface area contributed by atoms with Gasteiger partial charge in [-0.05, 0) is 90.0 Å².